The zero-order chi connectivity index (χ0) is 16.0. The zero-order valence-corrected chi connectivity index (χ0v) is 15.3. The first kappa shape index (κ1) is 17.1. The summed E-state index contributed by atoms with van der Waals surface area (Å²) in [4.78, 5) is 8.32. The molecule has 2 N–H and O–H groups in total. The minimum atomic E-state index is 0.245. The highest BCUT2D eigenvalue weighted by Gasteiger charge is 2.40. The van der Waals surface area contributed by atoms with Gasteiger partial charge in [-0.1, -0.05) is 6.07 Å². The standard InChI is InChI=1S/C16H26N4OS2/c1-17-15(18-11-14-3-2-9-23-14)19-12-16(4-10-22-13-16)20-5-7-21-8-6-20/h2-3,9H,4-8,10-13H2,1H3,(H2,17,18,19). The maximum absolute atomic E-state index is 5.53. The van der Waals surface area contributed by atoms with Crippen LogP contribution in [0.1, 0.15) is 11.3 Å². The van der Waals surface area contributed by atoms with Crippen molar-refractivity contribution >= 4 is 29.1 Å². The van der Waals surface area contributed by atoms with E-state index in [2.05, 4.69) is 49.8 Å². The molecule has 1 aromatic rings. The number of aliphatic imine (C=N–C) groups is 1. The van der Waals surface area contributed by atoms with E-state index in [9.17, 15) is 0 Å². The van der Waals surface area contributed by atoms with Crippen molar-refractivity contribution in [3.05, 3.63) is 22.4 Å². The van der Waals surface area contributed by atoms with Crippen LogP contribution in [0.3, 0.4) is 0 Å². The molecule has 0 aliphatic carbocycles. The van der Waals surface area contributed by atoms with Crippen LogP contribution in [0.5, 0.6) is 0 Å². The average molecular weight is 355 g/mol. The van der Waals surface area contributed by atoms with Crippen molar-refractivity contribution in [2.45, 2.75) is 18.5 Å². The zero-order valence-electron chi connectivity index (χ0n) is 13.7. The number of nitrogens with zero attached hydrogens (tertiary/aromatic N) is 2. The van der Waals surface area contributed by atoms with Crippen LogP contribution in [-0.2, 0) is 11.3 Å². The third-order valence-corrected chi connectivity index (χ3v) is 6.69. The highest BCUT2D eigenvalue weighted by Crippen LogP contribution is 2.33. The van der Waals surface area contributed by atoms with Crippen molar-refractivity contribution in [2.75, 3.05) is 51.4 Å². The molecule has 2 saturated heterocycles. The van der Waals surface area contributed by atoms with Crippen LogP contribution in [0, 0.1) is 0 Å². The van der Waals surface area contributed by atoms with Gasteiger partial charge >= 0.3 is 0 Å². The van der Waals surface area contributed by atoms with Gasteiger partial charge in [-0.3, -0.25) is 9.89 Å². The van der Waals surface area contributed by atoms with Gasteiger partial charge in [-0.15, -0.1) is 11.3 Å². The number of nitrogens with one attached hydrogen (secondary N) is 2. The van der Waals surface area contributed by atoms with Crippen LogP contribution in [0.2, 0.25) is 0 Å². The summed E-state index contributed by atoms with van der Waals surface area (Å²) < 4.78 is 5.53. The molecule has 23 heavy (non-hydrogen) atoms. The fourth-order valence-corrected chi connectivity index (χ4v) is 5.31. The topological polar surface area (TPSA) is 48.9 Å². The maximum atomic E-state index is 5.53. The molecule has 3 heterocycles. The second-order valence-corrected chi connectivity index (χ2v) is 8.12. The molecule has 7 heteroatoms. The SMILES string of the molecule is CN=C(NCc1cccs1)NCC1(N2CCOCC2)CCSC1. The Labute approximate surface area is 146 Å². The minimum Gasteiger partial charge on any atom is -0.379 e. The summed E-state index contributed by atoms with van der Waals surface area (Å²) in [5.41, 5.74) is 0.245. The van der Waals surface area contributed by atoms with Gasteiger partial charge in [0.2, 0.25) is 0 Å². The van der Waals surface area contributed by atoms with E-state index in [0.717, 1.165) is 45.4 Å². The predicted molar refractivity (Wildman–Crippen MR) is 99.6 cm³/mol. The Morgan fingerprint density at radius 2 is 2.26 bits per heavy atom. The van der Waals surface area contributed by atoms with Gasteiger partial charge in [0.1, 0.15) is 0 Å². The Hall–Kier alpha value is -0.760. The fraction of sp³-hybridized carbons (Fsp3) is 0.688. The summed E-state index contributed by atoms with van der Waals surface area (Å²) in [7, 11) is 1.84. The van der Waals surface area contributed by atoms with Gasteiger partial charge in [0, 0.05) is 42.9 Å². The number of morpholine rings is 1. The molecule has 0 spiro atoms. The largest absolute Gasteiger partial charge is 0.379 e. The van der Waals surface area contributed by atoms with Gasteiger partial charge in [0.05, 0.1) is 19.8 Å². The van der Waals surface area contributed by atoms with E-state index in [1.54, 1.807) is 11.3 Å². The number of thioether (sulfide) groups is 1. The monoisotopic (exact) mass is 354 g/mol. The van der Waals surface area contributed by atoms with Gasteiger partial charge in [-0.2, -0.15) is 11.8 Å². The van der Waals surface area contributed by atoms with E-state index in [4.69, 9.17) is 4.74 Å². The molecule has 5 nitrogen and oxygen atoms in total. The van der Waals surface area contributed by atoms with Gasteiger partial charge < -0.3 is 15.4 Å². The van der Waals surface area contributed by atoms with E-state index in [1.807, 2.05) is 7.05 Å². The summed E-state index contributed by atoms with van der Waals surface area (Å²) in [6, 6.07) is 4.23. The summed E-state index contributed by atoms with van der Waals surface area (Å²) in [5.74, 6) is 3.34. The summed E-state index contributed by atoms with van der Waals surface area (Å²) >= 11 is 3.83. The van der Waals surface area contributed by atoms with Crippen LogP contribution in [0.4, 0.5) is 0 Å². The number of guanidine groups is 1. The molecule has 2 aliphatic heterocycles. The van der Waals surface area contributed by atoms with Crippen LogP contribution >= 0.6 is 23.1 Å². The van der Waals surface area contributed by atoms with E-state index < -0.39 is 0 Å². The molecule has 0 amide bonds. The third-order valence-electron chi connectivity index (χ3n) is 4.58. The highest BCUT2D eigenvalue weighted by molar-refractivity contribution is 7.99. The number of ether oxygens (including phenoxy) is 1. The Morgan fingerprint density at radius 3 is 2.91 bits per heavy atom. The molecule has 0 radical (unpaired) electrons. The van der Waals surface area contributed by atoms with Crippen molar-refractivity contribution in [1.29, 1.82) is 0 Å². The number of hydrogen-bond acceptors (Lipinski definition) is 5. The van der Waals surface area contributed by atoms with E-state index in [0.29, 0.717) is 0 Å². The first-order valence-corrected chi connectivity index (χ1v) is 10.2. The molecule has 128 valence electrons. The molecule has 0 bridgehead atoms. The van der Waals surface area contributed by atoms with Crippen molar-refractivity contribution < 1.29 is 4.74 Å². The average Bonchev–Trinajstić information content (AvgIpc) is 3.28. The fourth-order valence-electron chi connectivity index (χ4n) is 3.19. The van der Waals surface area contributed by atoms with Gasteiger partial charge in [-0.25, -0.2) is 0 Å². The molecule has 1 aromatic heterocycles. The highest BCUT2D eigenvalue weighted by atomic mass is 32.2. The molecule has 1 unspecified atom stereocenters. The molecule has 1 atom stereocenters. The second-order valence-electron chi connectivity index (χ2n) is 5.99. The first-order valence-electron chi connectivity index (χ1n) is 8.20. The lowest BCUT2D eigenvalue weighted by molar-refractivity contribution is -0.0120. The molecule has 3 rings (SSSR count). The predicted octanol–water partition coefficient (Wildman–Crippen LogP) is 1.62. The lowest BCUT2D eigenvalue weighted by Gasteiger charge is -2.43. The van der Waals surface area contributed by atoms with Crippen molar-refractivity contribution in [3.63, 3.8) is 0 Å². The van der Waals surface area contributed by atoms with Gasteiger partial charge in [0.15, 0.2) is 5.96 Å². The Bertz CT molecular complexity index is 494. The summed E-state index contributed by atoms with van der Waals surface area (Å²) in [5, 5.41) is 9.08. The minimum absolute atomic E-state index is 0.245. The van der Waals surface area contributed by atoms with Crippen molar-refractivity contribution in [2.24, 2.45) is 4.99 Å². The summed E-state index contributed by atoms with van der Waals surface area (Å²) in [6.07, 6.45) is 1.24. The lowest BCUT2D eigenvalue weighted by atomic mass is 9.95. The molecule has 0 saturated carbocycles. The Morgan fingerprint density at radius 1 is 1.39 bits per heavy atom. The molecular weight excluding hydrogens is 328 g/mol. The Kier molecular flexibility index (Phi) is 6.21. The molecule has 2 fully saturated rings. The lowest BCUT2D eigenvalue weighted by Crippen LogP contribution is -2.60. The number of rotatable bonds is 5. The van der Waals surface area contributed by atoms with E-state index in [-0.39, 0.29) is 5.54 Å². The van der Waals surface area contributed by atoms with Gasteiger partial charge in [-0.05, 0) is 23.6 Å². The van der Waals surface area contributed by atoms with Gasteiger partial charge in [0.25, 0.3) is 0 Å². The van der Waals surface area contributed by atoms with Crippen LogP contribution in [0.15, 0.2) is 22.5 Å². The smallest absolute Gasteiger partial charge is 0.191 e. The molecule has 2 aliphatic rings. The second kappa shape index (κ2) is 8.37. The van der Waals surface area contributed by atoms with Crippen molar-refractivity contribution in [3.8, 4) is 0 Å². The first-order chi connectivity index (χ1) is 11.3. The number of thiophene rings is 1. The Balaban J connectivity index is 1.54. The van der Waals surface area contributed by atoms with Crippen LogP contribution in [-0.4, -0.2) is 67.8 Å². The quantitative estimate of drug-likeness (QED) is 0.622. The molecular formula is C16H26N4OS2. The van der Waals surface area contributed by atoms with E-state index >= 15 is 0 Å². The summed E-state index contributed by atoms with van der Waals surface area (Å²) in [6.45, 7) is 5.59. The normalized spacial score (nSPS) is 26.4. The molecule has 0 aromatic carbocycles. The van der Waals surface area contributed by atoms with Crippen molar-refractivity contribution in [1.82, 2.24) is 15.5 Å². The number of hydrogen-bond donors (Lipinski definition) is 2. The van der Waals surface area contributed by atoms with E-state index in [1.165, 1.54) is 22.8 Å². The third kappa shape index (κ3) is 4.41. The maximum Gasteiger partial charge on any atom is 0.191 e. The van der Waals surface area contributed by atoms with Crippen LogP contribution < -0.4 is 10.6 Å². The van der Waals surface area contributed by atoms with Crippen LogP contribution in [0.25, 0.3) is 0 Å².